The number of benzene rings is 1. The molecule has 5 fully saturated rings. The van der Waals surface area contributed by atoms with E-state index < -0.39 is 22.6 Å². The van der Waals surface area contributed by atoms with Crippen LogP contribution in [-0.2, 0) is 11.3 Å². The van der Waals surface area contributed by atoms with Crippen molar-refractivity contribution in [2.75, 3.05) is 13.1 Å². The van der Waals surface area contributed by atoms with Gasteiger partial charge in [0, 0.05) is 24.5 Å². The van der Waals surface area contributed by atoms with Crippen LogP contribution in [0.4, 0.5) is 4.79 Å². The summed E-state index contributed by atoms with van der Waals surface area (Å²) in [6.07, 6.45) is 10.1. The van der Waals surface area contributed by atoms with E-state index in [4.69, 9.17) is 0 Å². The fourth-order valence-electron chi connectivity index (χ4n) is 9.07. The third-order valence-electron chi connectivity index (χ3n) is 11.0. The number of aliphatic hydroxyl groups is 2. The normalized spacial score (nSPS) is 40.7. The lowest BCUT2D eigenvalue weighted by molar-refractivity contribution is -0.187. The minimum atomic E-state index is -1.09. The first-order chi connectivity index (χ1) is 18.5. The van der Waals surface area contributed by atoms with E-state index in [-0.39, 0.29) is 41.3 Å². The standard InChI is InChI=1S/C31H39N3O5/c1-28(2)10-9-23(36)13-24(28)29-14-21-17-33(15-19-3-4-19)25(21)31(29,39)12-11-30(18-29)26(37)34(27(38)32-30)16-20-5-7-22(35)8-6-20/h5-10,13,19,21,24-25,35-36,39H,3-4,11-12,14-18H2,1-2H3,(H,32,38)/t21?,24?,25-,29-,30+,31-/m1/s1. The maximum Gasteiger partial charge on any atom is 0.325 e. The number of urea groups is 1. The van der Waals surface area contributed by atoms with Gasteiger partial charge in [-0.15, -0.1) is 0 Å². The Kier molecular flexibility index (Phi) is 5.22. The summed E-state index contributed by atoms with van der Waals surface area (Å²) in [7, 11) is 0. The quantitative estimate of drug-likeness (QED) is 0.428. The van der Waals surface area contributed by atoms with Crippen molar-refractivity contribution in [3.8, 4) is 5.75 Å². The van der Waals surface area contributed by atoms with Crippen LogP contribution in [0.15, 0.2) is 48.3 Å². The zero-order valence-corrected chi connectivity index (χ0v) is 22.8. The van der Waals surface area contributed by atoms with Crippen molar-refractivity contribution >= 4 is 11.9 Å². The molecule has 2 unspecified atom stereocenters. The lowest BCUT2D eigenvalue weighted by atomic mass is 9.48. The lowest BCUT2D eigenvalue weighted by Crippen LogP contribution is -2.71. The number of nitrogens with zero attached hydrogens (tertiary/aromatic N) is 2. The highest BCUT2D eigenvalue weighted by atomic mass is 16.3. The van der Waals surface area contributed by atoms with E-state index in [9.17, 15) is 24.9 Å². The number of carbonyl (C=O) groups excluding carboxylic acids is 2. The lowest BCUT2D eigenvalue weighted by Gasteiger charge is -2.60. The number of allylic oxidation sites excluding steroid dienone is 3. The molecule has 0 radical (unpaired) electrons. The SMILES string of the molecule is CC1(C)C=CC(O)=CC1[C@]12CC3CN(CC4CC4)[C@H]3[C@]1(O)CC[C@@]1(C2)NC(=O)N(Cc2ccc(O)cc2)C1=O. The zero-order chi connectivity index (χ0) is 27.4. The Bertz CT molecular complexity index is 1290. The van der Waals surface area contributed by atoms with E-state index in [1.807, 2.05) is 12.2 Å². The zero-order valence-electron chi connectivity index (χ0n) is 22.8. The number of amides is 3. The maximum atomic E-state index is 14.1. The van der Waals surface area contributed by atoms with Gasteiger partial charge in [-0.2, -0.15) is 0 Å². The first kappa shape index (κ1) is 25.1. The van der Waals surface area contributed by atoms with E-state index in [0.717, 1.165) is 31.0 Å². The number of phenols is 1. The third-order valence-corrected chi connectivity index (χ3v) is 11.0. The van der Waals surface area contributed by atoms with Crippen molar-refractivity contribution in [2.24, 2.45) is 28.6 Å². The average molecular weight is 534 g/mol. The molecule has 1 spiro atoms. The van der Waals surface area contributed by atoms with Gasteiger partial charge in [-0.05, 0) is 91.5 Å². The van der Waals surface area contributed by atoms with Crippen LogP contribution in [-0.4, -0.2) is 67.3 Å². The van der Waals surface area contributed by atoms with Crippen molar-refractivity contribution in [1.82, 2.24) is 15.1 Å². The van der Waals surface area contributed by atoms with Gasteiger partial charge in [0.1, 0.15) is 17.0 Å². The number of hydrogen-bond acceptors (Lipinski definition) is 6. The van der Waals surface area contributed by atoms with E-state index in [1.54, 1.807) is 30.3 Å². The van der Waals surface area contributed by atoms with E-state index >= 15 is 0 Å². The molecule has 8 nitrogen and oxygen atoms in total. The number of aromatic hydroxyl groups is 1. The number of hydrogen-bond donors (Lipinski definition) is 4. The van der Waals surface area contributed by atoms with Crippen molar-refractivity contribution in [2.45, 2.75) is 76.1 Å². The monoisotopic (exact) mass is 533 g/mol. The Labute approximate surface area is 229 Å². The number of fused-ring (bicyclic) bond motifs is 3. The van der Waals surface area contributed by atoms with Gasteiger partial charge in [0.25, 0.3) is 5.91 Å². The van der Waals surface area contributed by atoms with Gasteiger partial charge < -0.3 is 20.6 Å². The minimum absolute atomic E-state index is 0.0491. The summed E-state index contributed by atoms with van der Waals surface area (Å²) in [5, 5.41) is 36.2. The Hall–Kier alpha value is -2.84. The van der Waals surface area contributed by atoms with E-state index in [0.29, 0.717) is 25.2 Å². The molecule has 4 N–H and O–H groups in total. The summed E-state index contributed by atoms with van der Waals surface area (Å²) >= 11 is 0. The topological polar surface area (TPSA) is 113 Å². The van der Waals surface area contributed by atoms with Crippen LogP contribution in [0.25, 0.3) is 0 Å². The minimum Gasteiger partial charge on any atom is -0.508 e. The molecule has 1 aromatic rings. The third kappa shape index (κ3) is 3.56. The molecule has 39 heavy (non-hydrogen) atoms. The fourth-order valence-corrected chi connectivity index (χ4v) is 9.07. The second kappa shape index (κ2) is 8.10. The molecule has 0 bridgehead atoms. The van der Waals surface area contributed by atoms with Crippen LogP contribution in [0.1, 0.15) is 57.9 Å². The molecule has 2 heterocycles. The van der Waals surface area contributed by atoms with Crippen molar-refractivity contribution in [1.29, 1.82) is 0 Å². The molecule has 1 aromatic carbocycles. The van der Waals surface area contributed by atoms with Gasteiger partial charge in [0.15, 0.2) is 0 Å². The van der Waals surface area contributed by atoms with Crippen molar-refractivity contribution in [3.05, 3.63) is 53.8 Å². The molecular formula is C31H39N3O5. The maximum absolute atomic E-state index is 14.1. The summed E-state index contributed by atoms with van der Waals surface area (Å²) in [5.74, 6) is 0.950. The van der Waals surface area contributed by atoms with E-state index in [1.165, 1.54) is 17.7 Å². The molecule has 0 aromatic heterocycles. The molecule has 2 aliphatic heterocycles. The number of imide groups is 1. The fraction of sp³-hybridized carbons (Fsp3) is 0.613. The average Bonchev–Trinajstić information content (AvgIpc) is 3.63. The Morgan fingerprint density at radius 3 is 2.54 bits per heavy atom. The number of phenolic OH excluding ortho intramolecular Hbond substituents is 1. The second-order valence-corrected chi connectivity index (χ2v) is 13.9. The number of nitrogens with one attached hydrogen (secondary N) is 1. The van der Waals surface area contributed by atoms with Crippen LogP contribution < -0.4 is 5.32 Å². The van der Waals surface area contributed by atoms with Gasteiger partial charge in [-0.3, -0.25) is 14.6 Å². The Morgan fingerprint density at radius 2 is 1.82 bits per heavy atom. The molecule has 3 amide bonds. The highest BCUT2D eigenvalue weighted by molar-refractivity contribution is 6.07. The molecular weight excluding hydrogens is 494 g/mol. The largest absolute Gasteiger partial charge is 0.508 e. The van der Waals surface area contributed by atoms with Crippen molar-refractivity contribution in [3.63, 3.8) is 0 Å². The van der Waals surface area contributed by atoms with Gasteiger partial charge in [-0.1, -0.05) is 32.1 Å². The molecule has 6 atom stereocenters. The van der Waals surface area contributed by atoms with Crippen LogP contribution in [0.5, 0.6) is 5.75 Å². The Morgan fingerprint density at radius 1 is 1.08 bits per heavy atom. The number of likely N-dealkylation sites (tertiary alicyclic amines) is 1. The predicted octanol–water partition coefficient (Wildman–Crippen LogP) is 3.85. The molecule has 4 aliphatic carbocycles. The highest BCUT2D eigenvalue weighted by Gasteiger charge is 2.76. The summed E-state index contributed by atoms with van der Waals surface area (Å²) in [5.41, 5.74) is -2.38. The molecule has 6 aliphatic rings. The van der Waals surface area contributed by atoms with Crippen LogP contribution in [0.2, 0.25) is 0 Å². The van der Waals surface area contributed by atoms with Crippen molar-refractivity contribution < 1.29 is 24.9 Å². The molecule has 2 saturated heterocycles. The smallest absolute Gasteiger partial charge is 0.325 e. The number of aliphatic hydroxyl groups excluding tert-OH is 1. The van der Waals surface area contributed by atoms with E-state index in [2.05, 4.69) is 24.1 Å². The van der Waals surface area contributed by atoms with Gasteiger partial charge in [-0.25, -0.2) is 4.79 Å². The first-order valence-electron chi connectivity index (χ1n) is 14.4. The summed E-state index contributed by atoms with van der Waals surface area (Å²) in [4.78, 5) is 31.2. The first-order valence-corrected chi connectivity index (χ1v) is 14.4. The number of rotatable bonds is 5. The van der Waals surface area contributed by atoms with Gasteiger partial charge >= 0.3 is 6.03 Å². The summed E-state index contributed by atoms with van der Waals surface area (Å²) in [6, 6.07) is 6.18. The molecule has 3 saturated carbocycles. The number of carbonyl (C=O) groups is 2. The highest BCUT2D eigenvalue weighted by Crippen LogP contribution is 2.70. The Balaban J connectivity index is 1.26. The van der Waals surface area contributed by atoms with Crippen LogP contribution in [0, 0.1) is 28.6 Å². The van der Waals surface area contributed by atoms with Crippen LogP contribution in [0.3, 0.4) is 0 Å². The molecule has 208 valence electrons. The van der Waals surface area contributed by atoms with Crippen LogP contribution >= 0.6 is 0 Å². The molecule has 8 heteroatoms. The summed E-state index contributed by atoms with van der Waals surface area (Å²) in [6.45, 7) is 6.40. The second-order valence-electron chi connectivity index (χ2n) is 13.9. The summed E-state index contributed by atoms with van der Waals surface area (Å²) < 4.78 is 0. The predicted molar refractivity (Wildman–Crippen MR) is 144 cm³/mol. The van der Waals surface area contributed by atoms with Gasteiger partial charge in [0.2, 0.25) is 0 Å². The van der Waals surface area contributed by atoms with Gasteiger partial charge in [0.05, 0.1) is 12.1 Å². The molecule has 7 rings (SSSR count).